The highest BCUT2D eigenvalue weighted by molar-refractivity contribution is 5.88. The second kappa shape index (κ2) is 9.79. The van der Waals surface area contributed by atoms with Gasteiger partial charge in [-0.3, -0.25) is 0 Å². The number of nitrogens with zero attached hydrogens (tertiary/aromatic N) is 3. The number of nitrogens with two attached hydrogens (primary N) is 1. The van der Waals surface area contributed by atoms with Crippen molar-refractivity contribution in [2.24, 2.45) is 0 Å². The zero-order valence-electron chi connectivity index (χ0n) is 20.6. The standard InChI is InChI=1S/C33H25FN4/c34-28-18-10-11-24(23-28)19-20-29-32-30(21-22-31(35)36-32)38(37-29)33(25-12-4-1-5-13-25,26-14-6-2-7-15-26)27-16-8-3-9-17-27/h1-23H,(H2,35,36)/b20-19+. The number of fused-ring (bicyclic) bond motifs is 1. The third kappa shape index (κ3) is 4.04. The lowest BCUT2D eigenvalue weighted by atomic mass is 9.77. The molecule has 4 nitrogen and oxygen atoms in total. The van der Waals surface area contributed by atoms with E-state index in [-0.39, 0.29) is 5.82 Å². The SMILES string of the molecule is Nc1ccc2c(n1)c(/C=C/c1cccc(F)c1)nn2C(c1ccccc1)(c1ccccc1)c1ccccc1. The van der Waals surface area contributed by atoms with Gasteiger partial charge in [0.2, 0.25) is 0 Å². The van der Waals surface area contributed by atoms with Crippen LogP contribution in [0.15, 0.2) is 127 Å². The molecule has 0 unspecified atom stereocenters. The Morgan fingerprint density at radius 2 is 1.24 bits per heavy atom. The predicted molar refractivity (Wildman–Crippen MR) is 152 cm³/mol. The molecule has 6 aromatic rings. The van der Waals surface area contributed by atoms with Crippen molar-refractivity contribution < 1.29 is 4.39 Å². The van der Waals surface area contributed by atoms with Crippen LogP contribution in [0, 0.1) is 5.82 Å². The summed E-state index contributed by atoms with van der Waals surface area (Å²) >= 11 is 0. The van der Waals surface area contributed by atoms with E-state index in [0.717, 1.165) is 27.8 Å². The fraction of sp³-hybridized carbons (Fsp3) is 0.0303. The lowest BCUT2D eigenvalue weighted by Gasteiger charge is -2.36. The number of anilines is 1. The fourth-order valence-electron chi connectivity index (χ4n) is 5.09. The van der Waals surface area contributed by atoms with Gasteiger partial charge in [0.15, 0.2) is 0 Å². The first-order valence-corrected chi connectivity index (χ1v) is 12.4. The third-order valence-electron chi connectivity index (χ3n) is 6.75. The average Bonchev–Trinajstić information content (AvgIpc) is 3.32. The average molecular weight is 497 g/mol. The summed E-state index contributed by atoms with van der Waals surface area (Å²) in [5, 5.41) is 5.19. The Balaban J connectivity index is 1.70. The van der Waals surface area contributed by atoms with Crippen LogP contribution in [0.4, 0.5) is 10.2 Å². The molecule has 0 fully saturated rings. The van der Waals surface area contributed by atoms with E-state index >= 15 is 0 Å². The quantitative estimate of drug-likeness (QED) is 0.249. The van der Waals surface area contributed by atoms with Gasteiger partial charge in [0.05, 0.1) is 5.52 Å². The van der Waals surface area contributed by atoms with Gasteiger partial charge >= 0.3 is 0 Å². The van der Waals surface area contributed by atoms with E-state index in [4.69, 9.17) is 10.8 Å². The summed E-state index contributed by atoms with van der Waals surface area (Å²) in [6, 6.07) is 41.3. The first-order valence-electron chi connectivity index (χ1n) is 12.4. The molecule has 0 saturated carbocycles. The summed E-state index contributed by atoms with van der Waals surface area (Å²) < 4.78 is 15.9. The monoisotopic (exact) mass is 496 g/mol. The Morgan fingerprint density at radius 3 is 1.79 bits per heavy atom. The van der Waals surface area contributed by atoms with Gasteiger partial charge in [-0.05, 0) is 52.6 Å². The molecule has 0 aliphatic rings. The van der Waals surface area contributed by atoms with E-state index in [1.807, 2.05) is 83.6 Å². The number of hydrogen-bond donors (Lipinski definition) is 1. The van der Waals surface area contributed by atoms with Crippen molar-refractivity contribution in [3.05, 3.63) is 161 Å². The van der Waals surface area contributed by atoms with Crippen LogP contribution >= 0.6 is 0 Å². The van der Waals surface area contributed by atoms with Gasteiger partial charge in [0.1, 0.15) is 28.4 Å². The third-order valence-corrected chi connectivity index (χ3v) is 6.75. The summed E-state index contributed by atoms with van der Waals surface area (Å²) in [6.07, 6.45) is 3.71. The first kappa shape index (κ1) is 23.4. The Labute approximate surface area is 220 Å². The van der Waals surface area contributed by atoms with Crippen LogP contribution in [-0.2, 0) is 5.54 Å². The highest BCUT2D eigenvalue weighted by atomic mass is 19.1. The van der Waals surface area contributed by atoms with Crippen LogP contribution in [0.3, 0.4) is 0 Å². The lowest BCUT2D eigenvalue weighted by Crippen LogP contribution is -2.38. The maximum absolute atomic E-state index is 13.8. The number of aromatic nitrogens is 3. The number of nitrogen functional groups attached to an aromatic ring is 1. The highest BCUT2D eigenvalue weighted by Crippen LogP contribution is 2.42. The molecule has 0 aliphatic carbocycles. The van der Waals surface area contributed by atoms with E-state index in [1.165, 1.54) is 12.1 Å². The molecule has 0 atom stereocenters. The second-order valence-corrected chi connectivity index (χ2v) is 9.10. The molecule has 38 heavy (non-hydrogen) atoms. The van der Waals surface area contributed by atoms with Gasteiger partial charge in [-0.25, -0.2) is 14.1 Å². The zero-order valence-corrected chi connectivity index (χ0v) is 20.6. The molecule has 0 aliphatic heterocycles. The van der Waals surface area contributed by atoms with Crippen LogP contribution in [0.5, 0.6) is 0 Å². The molecule has 0 bridgehead atoms. The molecular formula is C33H25FN4. The molecule has 0 spiro atoms. The molecule has 2 N–H and O–H groups in total. The summed E-state index contributed by atoms with van der Waals surface area (Å²) in [5.41, 5.74) is 11.4. The number of hydrogen-bond acceptors (Lipinski definition) is 3. The van der Waals surface area contributed by atoms with Gasteiger partial charge < -0.3 is 5.73 Å². The minimum Gasteiger partial charge on any atom is -0.384 e. The van der Waals surface area contributed by atoms with Crippen LogP contribution in [0.2, 0.25) is 0 Å². The van der Waals surface area contributed by atoms with E-state index in [2.05, 4.69) is 41.4 Å². The molecule has 6 rings (SSSR count). The molecule has 0 amide bonds. The molecule has 184 valence electrons. The summed E-state index contributed by atoms with van der Waals surface area (Å²) in [6.45, 7) is 0. The van der Waals surface area contributed by atoms with Gasteiger partial charge in [-0.1, -0.05) is 109 Å². The van der Waals surface area contributed by atoms with Crippen molar-refractivity contribution in [1.82, 2.24) is 14.8 Å². The van der Waals surface area contributed by atoms with Crippen molar-refractivity contribution in [2.45, 2.75) is 5.54 Å². The minimum absolute atomic E-state index is 0.291. The number of benzene rings is 4. The number of rotatable bonds is 6. The molecule has 4 aromatic carbocycles. The van der Waals surface area contributed by atoms with E-state index in [1.54, 1.807) is 12.1 Å². The number of halogens is 1. The van der Waals surface area contributed by atoms with E-state index in [9.17, 15) is 4.39 Å². The summed E-state index contributed by atoms with van der Waals surface area (Å²) in [4.78, 5) is 4.69. The van der Waals surface area contributed by atoms with Crippen molar-refractivity contribution in [2.75, 3.05) is 5.73 Å². The molecule has 0 saturated heterocycles. The Morgan fingerprint density at radius 1 is 0.658 bits per heavy atom. The van der Waals surface area contributed by atoms with Gasteiger partial charge in [-0.2, -0.15) is 5.10 Å². The van der Waals surface area contributed by atoms with Gasteiger partial charge in [-0.15, -0.1) is 0 Å². The van der Waals surface area contributed by atoms with Crippen molar-refractivity contribution >= 4 is 29.0 Å². The molecule has 0 radical (unpaired) electrons. The Kier molecular flexibility index (Phi) is 6.02. The van der Waals surface area contributed by atoms with E-state index < -0.39 is 5.54 Å². The maximum Gasteiger partial charge on any atom is 0.138 e. The van der Waals surface area contributed by atoms with Crippen molar-refractivity contribution in [1.29, 1.82) is 0 Å². The van der Waals surface area contributed by atoms with Crippen molar-refractivity contribution in [3.8, 4) is 0 Å². The molecule has 2 heterocycles. The van der Waals surface area contributed by atoms with Crippen LogP contribution < -0.4 is 5.73 Å². The maximum atomic E-state index is 13.8. The highest BCUT2D eigenvalue weighted by Gasteiger charge is 2.40. The second-order valence-electron chi connectivity index (χ2n) is 9.10. The largest absolute Gasteiger partial charge is 0.384 e. The zero-order chi connectivity index (χ0) is 26.0. The number of pyridine rings is 1. The molecule has 2 aromatic heterocycles. The van der Waals surface area contributed by atoms with Crippen LogP contribution in [0.25, 0.3) is 23.2 Å². The Bertz CT molecular complexity index is 1630. The molecular weight excluding hydrogens is 471 g/mol. The predicted octanol–water partition coefficient (Wildman–Crippen LogP) is 7.16. The topological polar surface area (TPSA) is 56.7 Å². The Hall–Kier alpha value is -5.03. The van der Waals surface area contributed by atoms with Crippen LogP contribution in [-0.4, -0.2) is 14.8 Å². The summed E-state index contributed by atoms with van der Waals surface area (Å²) in [7, 11) is 0. The first-order chi connectivity index (χ1) is 18.7. The van der Waals surface area contributed by atoms with Crippen molar-refractivity contribution in [3.63, 3.8) is 0 Å². The minimum atomic E-state index is -0.801. The van der Waals surface area contributed by atoms with Gasteiger partial charge in [0, 0.05) is 0 Å². The summed E-state index contributed by atoms with van der Waals surface area (Å²) in [5.74, 6) is 0.114. The smallest absolute Gasteiger partial charge is 0.138 e. The van der Waals surface area contributed by atoms with Gasteiger partial charge in [0.25, 0.3) is 0 Å². The fourth-order valence-corrected chi connectivity index (χ4v) is 5.09. The van der Waals surface area contributed by atoms with E-state index in [0.29, 0.717) is 17.0 Å². The molecule has 5 heteroatoms. The van der Waals surface area contributed by atoms with Crippen LogP contribution in [0.1, 0.15) is 27.9 Å². The normalized spacial score (nSPS) is 11.8. The lowest BCUT2D eigenvalue weighted by molar-refractivity contribution is 0.475.